The average Bonchev–Trinajstić information content (AvgIpc) is 2.42. The van der Waals surface area contributed by atoms with Crippen LogP contribution >= 0.6 is 11.8 Å². The topological polar surface area (TPSA) is 73.1 Å². The molecule has 0 aliphatic carbocycles. The minimum atomic E-state index is 0.213. The number of ether oxygens (including phenoxy) is 1. The molecule has 0 atom stereocenters. The highest BCUT2D eigenvalue weighted by molar-refractivity contribution is 8.00. The first kappa shape index (κ1) is 14.9. The van der Waals surface area contributed by atoms with Crippen LogP contribution in [0.25, 0.3) is 0 Å². The molecule has 0 aliphatic heterocycles. The monoisotopic (exact) mass is 270 g/mol. The van der Waals surface area contributed by atoms with Crippen molar-refractivity contribution in [2.75, 3.05) is 31.0 Å². The van der Waals surface area contributed by atoms with Gasteiger partial charge in [-0.15, -0.1) is 0 Å². The molecule has 1 aromatic heterocycles. The molecule has 102 valence electrons. The van der Waals surface area contributed by atoms with Crippen LogP contribution < -0.4 is 15.8 Å². The zero-order valence-corrected chi connectivity index (χ0v) is 12.3. The van der Waals surface area contributed by atoms with Crippen molar-refractivity contribution in [2.45, 2.75) is 31.4 Å². The van der Waals surface area contributed by atoms with Gasteiger partial charge in [-0.25, -0.2) is 4.98 Å². The molecule has 0 amide bonds. The van der Waals surface area contributed by atoms with Crippen LogP contribution in [0.5, 0.6) is 5.88 Å². The van der Waals surface area contributed by atoms with Gasteiger partial charge in [-0.1, -0.05) is 13.8 Å². The van der Waals surface area contributed by atoms with Crippen LogP contribution in [0.15, 0.2) is 6.33 Å². The lowest BCUT2D eigenvalue weighted by Gasteiger charge is -2.30. The summed E-state index contributed by atoms with van der Waals surface area (Å²) in [6, 6.07) is 0. The molecule has 0 aromatic carbocycles. The van der Waals surface area contributed by atoms with Crippen LogP contribution in [0.1, 0.15) is 26.7 Å². The Hall–Kier alpha value is -1.17. The number of hydrogen-bond acceptors (Lipinski definition) is 6. The summed E-state index contributed by atoms with van der Waals surface area (Å²) in [4.78, 5) is 8.12. The molecule has 0 bridgehead atoms. The highest BCUT2D eigenvalue weighted by Gasteiger charge is 2.25. The highest BCUT2D eigenvalue weighted by atomic mass is 32.2. The molecule has 0 spiro atoms. The first-order chi connectivity index (χ1) is 8.62. The zero-order valence-electron chi connectivity index (χ0n) is 11.5. The number of thioether (sulfide) groups is 1. The molecule has 3 N–H and O–H groups in total. The van der Waals surface area contributed by atoms with Crippen molar-refractivity contribution in [1.82, 2.24) is 9.97 Å². The predicted molar refractivity (Wildman–Crippen MR) is 78.3 cm³/mol. The smallest absolute Gasteiger partial charge is 0.242 e. The van der Waals surface area contributed by atoms with Gasteiger partial charge in [-0.2, -0.15) is 16.7 Å². The van der Waals surface area contributed by atoms with E-state index >= 15 is 0 Å². The maximum atomic E-state index is 5.93. The van der Waals surface area contributed by atoms with E-state index in [4.69, 9.17) is 10.5 Å². The van der Waals surface area contributed by atoms with Crippen molar-refractivity contribution in [3.05, 3.63) is 6.33 Å². The summed E-state index contributed by atoms with van der Waals surface area (Å²) >= 11 is 1.87. The molecule has 0 saturated heterocycles. The number of anilines is 2. The third kappa shape index (κ3) is 3.19. The van der Waals surface area contributed by atoms with Gasteiger partial charge in [0.25, 0.3) is 0 Å². The Kier molecular flexibility index (Phi) is 5.53. The number of rotatable bonds is 7. The molecule has 18 heavy (non-hydrogen) atoms. The van der Waals surface area contributed by atoms with E-state index in [9.17, 15) is 0 Å². The summed E-state index contributed by atoms with van der Waals surface area (Å²) in [5.41, 5.74) is 6.39. The van der Waals surface area contributed by atoms with Gasteiger partial charge in [0.1, 0.15) is 12.0 Å². The Balaban J connectivity index is 2.79. The third-order valence-electron chi connectivity index (χ3n) is 3.34. The number of nitrogens with zero attached hydrogens (tertiary/aromatic N) is 2. The fourth-order valence-electron chi connectivity index (χ4n) is 1.79. The van der Waals surface area contributed by atoms with Crippen LogP contribution in [0.2, 0.25) is 0 Å². The molecular weight excluding hydrogens is 248 g/mol. The quantitative estimate of drug-likeness (QED) is 0.792. The molecule has 0 unspecified atom stereocenters. The number of nitrogens with one attached hydrogen (secondary N) is 1. The second-order valence-electron chi connectivity index (χ2n) is 4.09. The van der Waals surface area contributed by atoms with Gasteiger partial charge < -0.3 is 15.8 Å². The van der Waals surface area contributed by atoms with Gasteiger partial charge in [-0.3, -0.25) is 0 Å². The maximum Gasteiger partial charge on any atom is 0.242 e. The summed E-state index contributed by atoms with van der Waals surface area (Å²) in [5, 5.41) is 3.30. The number of methoxy groups -OCH3 is 1. The van der Waals surface area contributed by atoms with Crippen molar-refractivity contribution in [1.29, 1.82) is 0 Å². The maximum absolute atomic E-state index is 5.93. The Labute approximate surface area is 113 Å². The minimum Gasteiger partial charge on any atom is -0.479 e. The molecule has 1 rings (SSSR count). The molecule has 0 fully saturated rings. The molecular formula is C12H22N4OS. The SMILES string of the molecule is CCC(CC)(CNc1ncnc(OC)c1N)SC. The Morgan fingerprint density at radius 2 is 2.06 bits per heavy atom. The van der Waals surface area contributed by atoms with E-state index in [1.165, 1.54) is 6.33 Å². The van der Waals surface area contributed by atoms with Crippen LogP contribution in [0, 0.1) is 0 Å². The molecule has 1 heterocycles. The average molecular weight is 270 g/mol. The largest absolute Gasteiger partial charge is 0.479 e. The van der Waals surface area contributed by atoms with Gasteiger partial charge in [0.05, 0.1) is 7.11 Å². The Bertz CT molecular complexity index is 374. The standard InChI is InChI=1S/C12H22N4OS/c1-5-12(6-2,18-4)7-14-10-9(13)11(17-3)16-8-15-10/h8H,5-7,13H2,1-4H3,(H,14,15,16). The molecule has 0 saturated carbocycles. The number of hydrogen-bond donors (Lipinski definition) is 2. The van der Waals surface area contributed by atoms with Crippen molar-refractivity contribution in [2.24, 2.45) is 0 Å². The molecule has 0 radical (unpaired) electrons. The summed E-state index contributed by atoms with van der Waals surface area (Å²) in [5.74, 6) is 1.05. The van der Waals surface area contributed by atoms with E-state index in [0.29, 0.717) is 17.4 Å². The molecule has 1 aromatic rings. The number of aromatic nitrogens is 2. The number of nitrogen functional groups attached to an aromatic ring is 1. The Morgan fingerprint density at radius 3 is 2.56 bits per heavy atom. The fraction of sp³-hybridized carbons (Fsp3) is 0.667. The van der Waals surface area contributed by atoms with E-state index in [2.05, 4.69) is 35.4 Å². The second-order valence-corrected chi connectivity index (χ2v) is 5.37. The van der Waals surface area contributed by atoms with E-state index in [0.717, 1.165) is 19.4 Å². The molecule has 6 heteroatoms. The van der Waals surface area contributed by atoms with Gasteiger partial charge in [0.2, 0.25) is 5.88 Å². The first-order valence-corrected chi connectivity index (χ1v) is 7.28. The minimum absolute atomic E-state index is 0.213. The van der Waals surface area contributed by atoms with Crippen molar-refractivity contribution in [3.63, 3.8) is 0 Å². The van der Waals surface area contributed by atoms with Gasteiger partial charge in [-0.05, 0) is 19.1 Å². The van der Waals surface area contributed by atoms with E-state index in [-0.39, 0.29) is 4.75 Å². The van der Waals surface area contributed by atoms with E-state index < -0.39 is 0 Å². The predicted octanol–water partition coefficient (Wildman–Crippen LogP) is 2.40. The second kappa shape index (κ2) is 6.68. The van der Waals surface area contributed by atoms with Crippen LogP contribution in [-0.2, 0) is 0 Å². The lowest BCUT2D eigenvalue weighted by Crippen LogP contribution is -2.32. The summed E-state index contributed by atoms with van der Waals surface area (Å²) < 4.78 is 5.29. The van der Waals surface area contributed by atoms with E-state index in [1.54, 1.807) is 7.11 Å². The van der Waals surface area contributed by atoms with Crippen LogP contribution in [0.3, 0.4) is 0 Å². The van der Waals surface area contributed by atoms with Crippen molar-refractivity contribution in [3.8, 4) is 5.88 Å². The van der Waals surface area contributed by atoms with E-state index in [1.807, 2.05) is 11.8 Å². The normalized spacial score (nSPS) is 11.3. The van der Waals surface area contributed by atoms with Gasteiger partial charge >= 0.3 is 0 Å². The number of nitrogens with two attached hydrogens (primary N) is 1. The van der Waals surface area contributed by atoms with Gasteiger partial charge in [0.15, 0.2) is 5.82 Å². The third-order valence-corrected chi connectivity index (χ3v) is 4.93. The van der Waals surface area contributed by atoms with Crippen molar-refractivity contribution >= 4 is 23.3 Å². The van der Waals surface area contributed by atoms with Crippen LogP contribution in [-0.4, -0.2) is 34.6 Å². The zero-order chi connectivity index (χ0) is 13.6. The first-order valence-electron chi connectivity index (χ1n) is 6.06. The lowest BCUT2D eigenvalue weighted by molar-refractivity contribution is 0.399. The summed E-state index contributed by atoms with van der Waals surface area (Å²) in [6.45, 7) is 5.22. The Morgan fingerprint density at radius 1 is 1.39 bits per heavy atom. The molecule has 0 aliphatic rings. The summed E-state index contributed by atoms with van der Waals surface area (Å²) in [6.07, 6.45) is 5.79. The van der Waals surface area contributed by atoms with Crippen molar-refractivity contribution < 1.29 is 4.74 Å². The fourth-order valence-corrected chi connectivity index (χ4v) is 2.58. The van der Waals surface area contributed by atoms with Crippen LogP contribution in [0.4, 0.5) is 11.5 Å². The highest BCUT2D eigenvalue weighted by Crippen LogP contribution is 2.32. The summed E-state index contributed by atoms with van der Waals surface area (Å²) in [7, 11) is 1.55. The van der Waals surface area contributed by atoms with Gasteiger partial charge in [0, 0.05) is 11.3 Å². The molecule has 5 nitrogen and oxygen atoms in total. The lowest BCUT2D eigenvalue weighted by atomic mass is 10.0.